The van der Waals surface area contributed by atoms with Crippen LogP contribution in [0.3, 0.4) is 0 Å². The van der Waals surface area contributed by atoms with Crippen LogP contribution in [0.2, 0.25) is 0 Å². The number of hydrogen-bond acceptors (Lipinski definition) is 5. The van der Waals surface area contributed by atoms with Crippen LogP contribution < -0.4 is 5.32 Å². The van der Waals surface area contributed by atoms with Crippen molar-refractivity contribution in [3.8, 4) is 0 Å². The van der Waals surface area contributed by atoms with E-state index in [1.54, 1.807) is 24.8 Å². The number of aromatic nitrogens is 1. The van der Waals surface area contributed by atoms with E-state index in [4.69, 9.17) is 5.11 Å². The monoisotopic (exact) mass is 284 g/mol. The summed E-state index contributed by atoms with van der Waals surface area (Å²) in [7, 11) is 0. The lowest BCUT2D eigenvalue weighted by molar-refractivity contribution is 0.0696. The van der Waals surface area contributed by atoms with Gasteiger partial charge in [0.25, 0.3) is 0 Å². The Hall–Kier alpha value is -1.27. The van der Waals surface area contributed by atoms with Gasteiger partial charge in [-0.05, 0) is 31.7 Å². The molecule has 1 aromatic heterocycles. The topological polar surface area (TPSA) is 82.5 Å². The predicted molar refractivity (Wildman–Crippen MR) is 78.1 cm³/mol. The van der Waals surface area contributed by atoms with E-state index in [0.29, 0.717) is 30.2 Å². The standard InChI is InChI=1S/C13H20N2O3S/c1-4-10-5-9(12(16)17)6-11(15-10)14-7-13(2,18)8-19-3/h5-6,18H,4,7-8H2,1-3H3,(H,14,15)(H,16,17). The van der Waals surface area contributed by atoms with E-state index >= 15 is 0 Å². The second-order valence-corrected chi connectivity index (χ2v) is 5.54. The van der Waals surface area contributed by atoms with Crippen molar-refractivity contribution >= 4 is 23.5 Å². The van der Waals surface area contributed by atoms with Crippen molar-refractivity contribution < 1.29 is 15.0 Å². The maximum Gasteiger partial charge on any atom is 0.335 e. The minimum Gasteiger partial charge on any atom is -0.478 e. The number of nitrogens with zero attached hydrogens (tertiary/aromatic N) is 1. The van der Waals surface area contributed by atoms with Gasteiger partial charge in [0.05, 0.1) is 11.2 Å². The van der Waals surface area contributed by atoms with Crippen LogP contribution in [0.15, 0.2) is 12.1 Å². The molecule has 0 saturated carbocycles. The molecule has 106 valence electrons. The van der Waals surface area contributed by atoms with Crippen LogP contribution in [-0.4, -0.2) is 45.3 Å². The summed E-state index contributed by atoms with van der Waals surface area (Å²) in [6, 6.07) is 3.05. The van der Waals surface area contributed by atoms with E-state index < -0.39 is 11.6 Å². The van der Waals surface area contributed by atoms with E-state index in [1.807, 2.05) is 13.2 Å². The maximum absolute atomic E-state index is 11.0. The number of aromatic carboxylic acids is 1. The summed E-state index contributed by atoms with van der Waals surface area (Å²) in [5, 5.41) is 22.1. The summed E-state index contributed by atoms with van der Waals surface area (Å²) in [6.45, 7) is 3.98. The van der Waals surface area contributed by atoms with Gasteiger partial charge in [0.15, 0.2) is 0 Å². The zero-order valence-electron chi connectivity index (χ0n) is 11.4. The normalized spacial score (nSPS) is 13.9. The highest BCUT2D eigenvalue weighted by atomic mass is 32.2. The molecule has 0 radical (unpaired) electrons. The van der Waals surface area contributed by atoms with Crippen LogP contribution in [0, 0.1) is 0 Å². The molecule has 0 saturated heterocycles. The SMILES string of the molecule is CCc1cc(C(=O)O)cc(NCC(C)(O)CSC)n1. The highest BCUT2D eigenvalue weighted by Gasteiger charge is 2.19. The van der Waals surface area contributed by atoms with Crippen molar-refractivity contribution in [2.24, 2.45) is 0 Å². The first-order valence-electron chi connectivity index (χ1n) is 6.07. The predicted octanol–water partition coefficient (Wildman–Crippen LogP) is 1.87. The molecular formula is C13H20N2O3S. The molecule has 0 bridgehead atoms. The van der Waals surface area contributed by atoms with E-state index in [-0.39, 0.29) is 5.56 Å². The maximum atomic E-state index is 11.0. The fourth-order valence-corrected chi connectivity index (χ4v) is 2.35. The smallest absolute Gasteiger partial charge is 0.335 e. The molecular weight excluding hydrogens is 264 g/mol. The minimum absolute atomic E-state index is 0.207. The van der Waals surface area contributed by atoms with E-state index in [1.165, 1.54) is 6.07 Å². The number of nitrogens with one attached hydrogen (secondary N) is 1. The third kappa shape index (κ3) is 5.08. The summed E-state index contributed by atoms with van der Waals surface area (Å²) in [6.07, 6.45) is 2.59. The Bertz CT molecular complexity index is 450. The zero-order valence-corrected chi connectivity index (χ0v) is 12.3. The molecule has 5 nitrogen and oxygen atoms in total. The van der Waals surface area contributed by atoms with Crippen molar-refractivity contribution in [2.75, 3.05) is 23.9 Å². The Labute approximate surface area is 117 Å². The lowest BCUT2D eigenvalue weighted by Crippen LogP contribution is -2.36. The van der Waals surface area contributed by atoms with Gasteiger partial charge in [-0.1, -0.05) is 6.92 Å². The first-order chi connectivity index (χ1) is 8.88. The Morgan fingerprint density at radius 3 is 2.74 bits per heavy atom. The quantitative estimate of drug-likeness (QED) is 0.709. The minimum atomic E-state index is -0.976. The highest BCUT2D eigenvalue weighted by molar-refractivity contribution is 7.98. The second-order valence-electron chi connectivity index (χ2n) is 4.67. The number of carboxylic acid groups (broad SMARTS) is 1. The average Bonchev–Trinajstić information content (AvgIpc) is 2.36. The van der Waals surface area contributed by atoms with Crippen LogP contribution in [0.25, 0.3) is 0 Å². The number of aliphatic hydroxyl groups is 1. The summed E-state index contributed by atoms with van der Waals surface area (Å²) in [5.41, 5.74) is 0.0675. The molecule has 1 atom stereocenters. The molecule has 6 heteroatoms. The molecule has 1 heterocycles. The number of hydrogen-bond donors (Lipinski definition) is 3. The van der Waals surface area contributed by atoms with Crippen molar-refractivity contribution in [3.63, 3.8) is 0 Å². The summed E-state index contributed by atoms with van der Waals surface area (Å²) in [4.78, 5) is 15.3. The number of aryl methyl sites for hydroxylation is 1. The summed E-state index contributed by atoms with van der Waals surface area (Å²) in [5.74, 6) is 0.105. The highest BCUT2D eigenvalue weighted by Crippen LogP contribution is 2.15. The van der Waals surface area contributed by atoms with Gasteiger partial charge in [-0.25, -0.2) is 9.78 Å². The molecule has 1 rings (SSSR count). The number of thioether (sulfide) groups is 1. The number of carboxylic acids is 1. The van der Waals surface area contributed by atoms with Gasteiger partial charge in [-0.15, -0.1) is 0 Å². The van der Waals surface area contributed by atoms with Gasteiger partial charge < -0.3 is 15.5 Å². The van der Waals surface area contributed by atoms with Crippen molar-refractivity contribution in [1.29, 1.82) is 0 Å². The zero-order chi connectivity index (χ0) is 14.5. The molecule has 1 unspecified atom stereocenters. The number of carbonyl (C=O) groups is 1. The van der Waals surface area contributed by atoms with Crippen LogP contribution in [0.1, 0.15) is 29.9 Å². The average molecular weight is 284 g/mol. The van der Waals surface area contributed by atoms with Crippen molar-refractivity contribution in [2.45, 2.75) is 25.9 Å². The summed E-state index contributed by atoms with van der Waals surface area (Å²) >= 11 is 1.55. The first kappa shape index (κ1) is 15.8. The molecule has 0 aliphatic carbocycles. The molecule has 0 spiro atoms. The number of pyridine rings is 1. The third-order valence-electron chi connectivity index (χ3n) is 2.59. The Balaban J connectivity index is 2.83. The second kappa shape index (κ2) is 6.77. The van der Waals surface area contributed by atoms with Gasteiger partial charge in [-0.3, -0.25) is 0 Å². The van der Waals surface area contributed by atoms with Gasteiger partial charge in [0.1, 0.15) is 5.82 Å². The molecule has 0 fully saturated rings. The molecule has 3 N–H and O–H groups in total. The van der Waals surface area contributed by atoms with Gasteiger partial charge in [0.2, 0.25) is 0 Å². The van der Waals surface area contributed by atoms with Gasteiger partial charge >= 0.3 is 5.97 Å². The number of anilines is 1. The Morgan fingerprint density at radius 2 is 2.21 bits per heavy atom. The van der Waals surface area contributed by atoms with E-state index in [9.17, 15) is 9.90 Å². The molecule has 0 aromatic carbocycles. The van der Waals surface area contributed by atoms with E-state index in [2.05, 4.69) is 10.3 Å². The summed E-state index contributed by atoms with van der Waals surface area (Å²) < 4.78 is 0. The fourth-order valence-electron chi connectivity index (χ4n) is 1.63. The van der Waals surface area contributed by atoms with Crippen molar-refractivity contribution in [3.05, 3.63) is 23.4 Å². The first-order valence-corrected chi connectivity index (χ1v) is 7.47. The largest absolute Gasteiger partial charge is 0.478 e. The van der Waals surface area contributed by atoms with Crippen molar-refractivity contribution in [1.82, 2.24) is 4.98 Å². The Kier molecular flexibility index (Phi) is 5.62. The molecule has 19 heavy (non-hydrogen) atoms. The van der Waals surface area contributed by atoms with Crippen LogP contribution in [0.4, 0.5) is 5.82 Å². The van der Waals surface area contributed by atoms with Crippen LogP contribution >= 0.6 is 11.8 Å². The van der Waals surface area contributed by atoms with Gasteiger partial charge in [0, 0.05) is 18.0 Å². The lowest BCUT2D eigenvalue weighted by Gasteiger charge is -2.23. The fraction of sp³-hybridized carbons (Fsp3) is 0.538. The Morgan fingerprint density at radius 1 is 1.53 bits per heavy atom. The van der Waals surface area contributed by atoms with Crippen LogP contribution in [-0.2, 0) is 6.42 Å². The third-order valence-corrected chi connectivity index (χ3v) is 3.50. The van der Waals surface area contributed by atoms with E-state index in [0.717, 1.165) is 0 Å². The van der Waals surface area contributed by atoms with Crippen LogP contribution in [0.5, 0.6) is 0 Å². The van der Waals surface area contributed by atoms with Gasteiger partial charge in [-0.2, -0.15) is 11.8 Å². The molecule has 1 aromatic rings. The lowest BCUT2D eigenvalue weighted by atomic mass is 10.1. The molecule has 0 amide bonds. The molecule has 0 aliphatic rings. The number of rotatable bonds is 7. The molecule has 0 aliphatic heterocycles.